The van der Waals surface area contributed by atoms with E-state index in [4.69, 9.17) is 4.74 Å². The second-order valence-corrected chi connectivity index (χ2v) is 6.20. The zero-order valence-corrected chi connectivity index (χ0v) is 12.6. The van der Waals surface area contributed by atoms with Crippen LogP contribution in [0, 0.1) is 0 Å². The molecule has 1 aromatic carbocycles. The standard InChI is InChI=1S/C16H21N3O/c1-11(2)13-7-12(16(3)5-6-16)8-14(15(13)20-4)19-9-17-18-10-19/h7-11H,5-6H2,1-4H3. The van der Waals surface area contributed by atoms with Crippen molar-refractivity contribution in [3.63, 3.8) is 0 Å². The van der Waals surface area contributed by atoms with Crippen LogP contribution >= 0.6 is 0 Å². The molecule has 0 aliphatic heterocycles. The number of hydrogen-bond donors (Lipinski definition) is 0. The molecule has 1 aliphatic carbocycles. The maximum absolute atomic E-state index is 5.67. The molecule has 1 aromatic heterocycles. The van der Waals surface area contributed by atoms with Crippen LogP contribution in [0.15, 0.2) is 24.8 Å². The largest absolute Gasteiger partial charge is 0.494 e. The van der Waals surface area contributed by atoms with Crippen molar-refractivity contribution in [2.75, 3.05) is 7.11 Å². The Balaban J connectivity index is 2.22. The summed E-state index contributed by atoms with van der Waals surface area (Å²) in [5.41, 5.74) is 4.01. The Morgan fingerprint density at radius 1 is 1.20 bits per heavy atom. The minimum atomic E-state index is 0.332. The summed E-state index contributed by atoms with van der Waals surface area (Å²) in [5, 5.41) is 7.83. The summed E-state index contributed by atoms with van der Waals surface area (Å²) in [5.74, 6) is 1.34. The molecule has 1 aliphatic rings. The topological polar surface area (TPSA) is 39.9 Å². The molecule has 4 nitrogen and oxygen atoms in total. The van der Waals surface area contributed by atoms with E-state index in [1.165, 1.54) is 24.0 Å². The highest BCUT2D eigenvalue weighted by molar-refractivity contribution is 5.57. The lowest BCUT2D eigenvalue weighted by atomic mass is 9.91. The quantitative estimate of drug-likeness (QED) is 0.855. The van der Waals surface area contributed by atoms with Crippen LogP contribution in [0.3, 0.4) is 0 Å². The first kappa shape index (κ1) is 13.2. The maximum atomic E-state index is 5.67. The maximum Gasteiger partial charge on any atom is 0.146 e. The SMILES string of the molecule is COc1c(C(C)C)cc(C2(C)CC2)cc1-n1cnnc1. The molecule has 106 valence electrons. The summed E-state index contributed by atoms with van der Waals surface area (Å²) in [4.78, 5) is 0. The third-order valence-electron chi connectivity index (χ3n) is 4.32. The van der Waals surface area contributed by atoms with Crippen LogP contribution in [-0.2, 0) is 5.41 Å². The van der Waals surface area contributed by atoms with Crippen LogP contribution in [0.2, 0.25) is 0 Å². The molecule has 0 atom stereocenters. The Morgan fingerprint density at radius 2 is 1.85 bits per heavy atom. The third kappa shape index (κ3) is 2.09. The minimum absolute atomic E-state index is 0.332. The van der Waals surface area contributed by atoms with Crippen LogP contribution in [0.4, 0.5) is 0 Å². The van der Waals surface area contributed by atoms with Crippen molar-refractivity contribution in [1.82, 2.24) is 14.8 Å². The minimum Gasteiger partial charge on any atom is -0.494 e. The number of ether oxygens (including phenoxy) is 1. The molecule has 20 heavy (non-hydrogen) atoms. The van der Waals surface area contributed by atoms with E-state index in [2.05, 4.69) is 43.1 Å². The summed E-state index contributed by atoms with van der Waals surface area (Å²) in [6.45, 7) is 6.73. The normalized spacial score (nSPS) is 16.4. The highest BCUT2D eigenvalue weighted by atomic mass is 16.5. The molecule has 0 unspecified atom stereocenters. The Hall–Kier alpha value is -1.84. The van der Waals surface area contributed by atoms with E-state index in [1.807, 2.05) is 4.57 Å². The molecule has 1 fully saturated rings. The molecule has 0 spiro atoms. The van der Waals surface area contributed by atoms with Crippen LogP contribution in [0.5, 0.6) is 5.75 Å². The van der Waals surface area contributed by atoms with Gasteiger partial charge in [-0.05, 0) is 41.4 Å². The second-order valence-electron chi connectivity index (χ2n) is 6.20. The van der Waals surface area contributed by atoms with Gasteiger partial charge in [-0.25, -0.2) is 0 Å². The fourth-order valence-electron chi connectivity index (χ4n) is 2.63. The third-order valence-corrected chi connectivity index (χ3v) is 4.32. The smallest absolute Gasteiger partial charge is 0.146 e. The number of benzene rings is 1. The average molecular weight is 271 g/mol. The van der Waals surface area contributed by atoms with Gasteiger partial charge in [0.1, 0.15) is 18.4 Å². The first-order valence-electron chi connectivity index (χ1n) is 7.12. The van der Waals surface area contributed by atoms with Crippen LogP contribution in [0.1, 0.15) is 50.7 Å². The van der Waals surface area contributed by atoms with Crippen molar-refractivity contribution in [1.29, 1.82) is 0 Å². The van der Waals surface area contributed by atoms with E-state index >= 15 is 0 Å². The van der Waals surface area contributed by atoms with E-state index < -0.39 is 0 Å². The molecule has 1 heterocycles. The summed E-state index contributed by atoms with van der Waals surface area (Å²) in [6.07, 6.45) is 5.97. The first-order chi connectivity index (χ1) is 9.55. The van der Waals surface area contributed by atoms with Gasteiger partial charge in [0.15, 0.2) is 0 Å². The highest BCUT2D eigenvalue weighted by Crippen LogP contribution is 2.50. The van der Waals surface area contributed by atoms with Gasteiger partial charge in [0, 0.05) is 0 Å². The molecular formula is C16H21N3O. The number of hydrogen-bond acceptors (Lipinski definition) is 3. The van der Waals surface area contributed by atoms with E-state index in [0.717, 1.165) is 11.4 Å². The molecule has 1 saturated carbocycles. The monoisotopic (exact) mass is 271 g/mol. The summed E-state index contributed by atoms with van der Waals surface area (Å²) < 4.78 is 7.60. The van der Waals surface area contributed by atoms with Crippen LogP contribution in [-0.4, -0.2) is 21.9 Å². The average Bonchev–Trinajstić information content (AvgIpc) is 2.98. The van der Waals surface area contributed by atoms with Gasteiger partial charge in [-0.3, -0.25) is 4.57 Å². The molecule has 3 rings (SSSR count). The molecule has 0 N–H and O–H groups in total. The lowest BCUT2D eigenvalue weighted by Gasteiger charge is -2.20. The van der Waals surface area contributed by atoms with Crippen molar-refractivity contribution in [2.24, 2.45) is 0 Å². The fraction of sp³-hybridized carbons (Fsp3) is 0.500. The molecule has 0 saturated heterocycles. The van der Waals surface area contributed by atoms with Gasteiger partial charge in [-0.1, -0.05) is 26.8 Å². The molecule has 4 heteroatoms. The zero-order valence-electron chi connectivity index (χ0n) is 12.6. The van der Waals surface area contributed by atoms with E-state index in [9.17, 15) is 0 Å². The van der Waals surface area contributed by atoms with E-state index in [1.54, 1.807) is 19.8 Å². The van der Waals surface area contributed by atoms with Gasteiger partial charge in [0.25, 0.3) is 0 Å². The second kappa shape index (κ2) is 4.62. The van der Waals surface area contributed by atoms with Crippen molar-refractivity contribution in [3.8, 4) is 11.4 Å². The Labute approximate surface area is 119 Å². The predicted molar refractivity (Wildman–Crippen MR) is 78.6 cm³/mol. The first-order valence-corrected chi connectivity index (χ1v) is 7.12. The molecular weight excluding hydrogens is 250 g/mol. The van der Waals surface area contributed by atoms with Crippen LogP contribution < -0.4 is 4.74 Å². The Kier molecular flexibility index (Phi) is 3.04. The summed E-state index contributed by atoms with van der Waals surface area (Å²) >= 11 is 0. The van der Waals surface area contributed by atoms with Crippen molar-refractivity contribution < 1.29 is 4.74 Å². The molecule has 0 bridgehead atoms. The van der Waals surface area contributed by atoms with E-state index in [-0.39, 0.29) is 0 Å². The van der Waals surface area contributed by atoms with Crippen molar-refractivity contribution in [3.05, 3.63) is 35.9 Å². The van der Waals surface area contributed by atoms with Gasteiger partial charge in [0.05, 0.1) is 12.8 Å². The fourth-order valence-corrected chi connectivity index (χ4v) is 2.63. The Morgan fingerprint density at radius 3 is 2.35 bits per heavy atom. The number of rotatable bonds is 4. The zero-order chi connectivity index (χ0) is 14.3. The van der Waals surface area contributed by atoms with Gasteiger partial charge >= 0.3 is 0 Å². The highest BCUT2D eigenvalue weighted by Gasteiger charge is 2.40. The number of nitrogens with zero attached hydrogens (tertiary/aromatic N) is 3. The molecule has 0 radical (unpaired) electrons. The van der Waals surface area contributed by atoms with Gasteiger partial charge in [0.2, 0.25) is 0 Å². The lowest BCUT2D eigenvalue weighted by molar-refractivity contribution is 0.405. The molecule has 2 aromatic rings. The van der Waals surface area contributed by atoms with E-state index in [0.29, 0.717) is 11.3 Å². The Bertz CT molecular complexity index is 613. The van der Waals surface area contributed by atoms with Crippen molar-refractivity contribution >= 4 is 0 Å². The summed E-state index contributed by atoms with van der Waals surface area (Å²) in [6, 6.07) is 4.53. The molecule has 0 amide bonds. The van der Waals surface area contributed by atoms with Gasteiger partial charge in [-0.2, -0.15) is 0 Å². The number of aromatic nitrogens is 3. The van der Waals surface area contributed by atoms with Crippen molar-refractivity contribution in [2.45, 2.75) is 44.9 Å². The number of methoxy groups -OCH3 is 1. The predicted octanol–water partition coefficient (Wildman–Crippen LogP) is 3.45. The lowest BCUT2D eigenvalue weighted by Crippen LogP contribution is -2.07. The van der Waals surface area contributed by atoms with Gasteiger partial charge in [-0.15, -0.1) is 10.2 Å². The van der Waals surface area contributed by atoms with Gasteiger partial charge < -0.3 is 4.74 Å². The van der Waals surface area contributed by atoms with Crippen LogP contribution in [0.25, 0.3) is 5.69 Å². The summed E-state index contributed by atoms with van der Waals surface area (Å²) in [7, 11) is 1.73.